The number of rotatable bonds is 3. The van der Waals surface area contributed by atoms with Crippen molar-refractivity contribution in [3.8, 4) is 0 Å². The van der Waals surface area contributed by atoms with Crippen LogP contribution in [0.4, 0.5) is 4.79 Å². The fourth-order valence-corrected chi connectivity index (χ4v) is 3.82. The summed E-state index contributed by atoms with van der Waals surface area (Å²) < 4.78 is 5.43. The summed E-state index contributed by atoms with van der Waals surface area (Å²) in [5, 5.41) is 2.26. The third kappa shape index (κ3) is 4.02. The Morgan fingerprint density at radius 2 is 1.91 bits per heavy atom. The van der Waals surface area contributed by atoms with E-state index in [2.05, 4.69) is 5.32 Å². The van der Waals surface area contributed by atoms with Crippen LogP contribution in [0.3, 0.4) is 0 Å². The molecule has 1 N–H and O–H groups in total. The summed E-state index contributed by atoms with van der Waals surface area (Å²) in [6, 6.07) is -0.451. The number of carbonyl (C=O) groups excluding carboxylic acids is 3. The van der Waals surface area contributed by atoms with Crippen molar-refractivity contribution in [3.05, 3.63) is 0 Å². The molecule has 3 heterocycles. The van der Waals surface area contributed by atoms with E-state index >= 15 is 0 Å². The molecule has 0 radical (unpaired) electrons. The average molecular weight is 323 g/mol. The van der Waals surface area contributed by atoms with Crippen molar-refractivity contribution in [3.63, 3.8) is 0 Å². The van der Waals surface area contributed by atoms with Crippen molar-refractivity contribution >= 4 is 17.8 Å². The molecule has 0 aromatic carbocycles. The van der Waals surface area contributed by atoms with E-state index < -0.39 is 6.03 Å². The Labute approximate surface area is 136 Å². The number of likely N-dealkylation sites (tertiary alicyclic amines) is 1. The van der Waals surface area contributed by atoms with E-state index in [4.69, 9.17) is 4.74 Å². The third-order valence-electron chi connectivity index (χ3n) is 5.21. The number of imide groups is 1. The zero-order chi connectivity index (χ0) is 16.2. The molecule has 0 aromatic rings. The minimum Gasteiger partial charge on any atom is -0.381 e. The average Bonchev–Trinajstić information content (AvgIpc) is 2.58. The Morgan fingerprint density at radius 3 is 2.65 bits per heavy atom. The molecule has 0 spiro atoms. The van der Waals surface area contributed by atoms with E-state index in [1.807, 2.05) is 4.90 Å². The quantitative estimate of drug-likeness (QED) is 0.824. The van der Waals surface area contributed by atoms with Crippen molar-refractivity contribution in [2.75, 3.05) is 39.4 Å². The second-order valence-corrected chi connectivity index (χ2v) is 6.72. The van der Waals surface area contributed by atoms with Crippen molar-refractivity contribution in [1.82, 2.24) is 15.1 Å². The Balaban J connectivity index is 1.52. The van der Waals surface area contributed by atoms with Crippen LogP contribution in [-0.2, 0) is 14.3 Å². The van der Waals surface area contributed by atoms with E-state index in [9.17, 15) is 14.4 Å². The number of hydrogen-bond acceptors (Lipinski definition) is 4. The van der Waals surface area contributed by atoms with Gasteiger partial charge in [-0.3, -0.25) is 14.9 Å². The number of amides is 4. The summed E-state index contributed by atoms with van der Waals surface area (Å²) in [6.45, 7) is 3.62. The number of hydrogen-bond donors (Lipinski definition) is 1. The Morgan fingerprint density at radius 1 is 1.13 bits per heavy atom. The van der Waals surface area contributed by atoms with Crippen LogP contribution in [0.25, 0.3) is 0 Å². The van der Waals surface area contributed by atoms with Gasteiger partial charge in [0, 0.05) is 39.3 Å². The molecule has 0 aliphatic carbocycles. The van der Waals surface area contributed by atoms with Gasteiger partial charge in [0.25, 0.3) is 0 Å². The second kappa shape index (κ2) is 7.29. The summed E-state index contributed by atoms with van der Waals surface area (Å²) in [6.07, 6.45) is 4.64. The van der Waals surface area contributed by atoms with Gasteiger partial charge in [-0.25, -0.2) is 4.79 Å². The highest BCUT2D eigenvalue weighted by molar-refractivity contribution is 5.98. The van der Waals surface area contributed by atoms with Crippen molar-refractivity contribution in [1.29, 1.82) is 0 Å². The lowest BCUT2D eigenvalue weighted by Gasteiger charge is -2.39. The van der Waals surface area contributed by atoms with Gasteiger partial charge in [0.05, 0.1) is 0 Å². The molecule has 3 aliphatic rings. The Kier molecular flexibility index (Phi) is 5.15. The van der Waals surface area contributed by atoms with Crippen LogP contribution in [0.2, 0.25) is 0 Å². The lowest BCUT2D eigenvalue weighted by atomic mass is 9.81. The number of urea groups is 1. The number of carbonyl (C=O) groups is 3. The molecule has 4 amide bonds. The molecule has 3 aliphatic heterocycles. The van der Waals surface area contributed by atoms with Gasteiger partial charge in [0.1, 0.15) is 6.54 Å². The fraction of sp³-hybridized carbons (Fsp3) is 0.812. The van der Waals surface area contributed by atoms with Crippen molar-refractivity contribution in [2.24, 2.45) is 11.8 Å². The molecule has 0 saturated carbocycles. The van der Waals surface area contributed by atoms with E-state index in [0.29, 0.717) is 18.4 Å². The molecule has 3 fully saturated rings. The summed E-state index contributed by atoms with van der Waals surface area (Å²) >= 11 is 0. The maximum absolute atomic E-state index is 12.5. The van der Waals surface area contributed by atoms with E-state index in [1.165, 1.54) is 11.3 Å². The predicted molar refractivity (Wildman–Crippen MR) is 82.6 cm³/mol. The maximum atomic E-state index is 12.5. The molecule has 1 atom stereocenters. The van der Waals surface area contributed by atoms with Gasteiger partial charge in [-0.1, -0.05) is 0 Å². The van der Waals surface area contributed by atoms with Gasteiger partial charge < -0.3 is 14.5 Å². The number of piperidine rings is 1. The number of nitrogens with one attached hydrogen (secondary N) is 1. The highest BCUT2D eigenvalue weighted by atomic mass is 16.5. The molecule has 0 bridgehead atoms. The van der Waals surface area contributed by atoms with E-state index in [-0.39, 0.29) is 24.8 Å². The highest BCUT2D eigenvalue weighted by Crippen LogP contribution is 2.30. The lowest BCUT2D eigenvalue weighted by Crippen LogP contribution is -2.54. The first-order valence-corrected chi connectivity index (χ1v) is 8.58. The third-order valence-corrected chi connectivity index (χ3v) is 5.21. The fourth-order valence-electron chi connectivity index (χ4n) is 3.82. The molecule has 3 saturated heterocycles. The zero-order valence-corrected chi connectivity index (χ0v) is 13.5. The molecule has 128 valence electrons. The molecular formula is C16H25N3O4. The molecule has 7 nitrogen and oxygen atoms in total. The van der Waals surface area contributed by atoms with Gasteiger partial charge in [-0.2, -0.15) is 0 Å². The first-order valence-electron chi connectivity index (χ1n) is 8.58. The van der Waals surface area contributed by atoms with Gasteiger partial charge in [0.15, 0.2) is 0 Å². The van der Waals surface area contributed by atoms with Gasteiger partial charge in [0.2, 0.25) is 11.8 Å². The SMILES string of the molecule is O=C1CCN(CC(=O)N2CCCC(C3CCOCC3)C2)C(=O)N1. The summed E-state index contributed by atoms with van der Waals surface area (Å²) in [7, 11) is 0. The predicted octanol–water partition coefficient (Wildman–Crippen LogP) is 0.594. The minimum absolute atomic E-state index is 0.00809. The molecule has 3 rings (SSSR count). The van der Waals surface area contributed by atoms with Crippen LogP contribution in [0, 0.1) is 11.8 Å². The largest absolute Gasteiger partial charge is 0.381 e. The lowest BCUT2D eigenvalue weighted by molar-refractivity contribution is -0.135. The summed E-state index contributed by atoms with van der Waals surface area (Å²) in [5.74, 6) is 0.922. The number of ether oxygens (including phenoxy) is 1. The van der Waals surface area contributed by atoms with Crippen LogP contribution in [0.1, 0.15) is 32.1 Å². The van der Waals surface area contributed by atoms with Crippen LogP contribution in [0.15, 0.2) is 0 Å². The van der Waals surface area contributed by atoms with Crippen LogP contribution >= 0.6 is 0 Å². The maximum Gasteiger partial charge on any atom is 0.324 e. The first kappa shape index (κ1) is 16.2. The van der Waals surface area contributed by atoms with Gasteiger partial charge in [-0.15, -0.1) is 0 Å². The van der Waals surface area contributed by atoms with Gasteiger partial charge >= 0.3 is 6.03 Å². The zero-order valence-electron chi connectivity index (χ0n) is 13.5. The molecule has 7 heteroatoms. The molecular weight excluding hydrogens is 298 g/mol. The Hall–Kier alpha value is -1.63. The van der Waals surface area contributed by atoms with Crippen LogP contribution in [-0.4, -0.2) is 67.0 Å². The van der Waals surface area contributed by atoms with E-state index in [1.54, 1.807) is 0 Å². The topological polar surface area (TPSA) is 79.0 Å². The second-order valence-electron chi connectivity index (χ2n) is 6.72. The monoisotopic (exact) mass is 323 g/mol. The standard InChI is InChI=1S/C16H25N3O4/c20-14-3-7-19(16(22)17-14)11-15(21)18-6-1-2-13(10-18)12-4-8-23-9-5-12/h12-13H,1-11H2,(H,17,20,22). The molecule has 23 heavy (non-hydrogen) atoms. The normalized spacial score (nSPS) is 27.0. The summed E-state index contributed by atoms with van der Waals surface area (Å²) in [4.78, 5) is 38.7. The van der Waals surface area contributed by atoms with E-state index in [0.717, 1.165) is 45.6 Å². The minimum atomic E-state index is -0.451. The first-order chi connectivity index (χ1) is 11.1. The number of nitrogens with zero attached hydrogens (tertiary/aromatic N) is 2. The van der Waals surface area contributed by atoms with Crippen molar-refractivity contribution < 1.29 is 19.1 Å². The highest BCUT2D eigenvalue weighted by Gasteiger charge is 2.32. The molecule has 0 aromatic heterocycles. The Bertz CT molecular complexity index is 476. The van der Waals surface area contributed by atoms with Crippen molar-refractivity contribution in [2.45, 2.75) is 32.1 Å². The van der Waals surface area contributed by atoms with Crippen LogP contribution < -0.4 is 5.32 Å². The van der Waals surface area contributed by atoms with Crippen LogP contribution in [0.5, 0.6) is 0 Å². The van der Waals surface area contributed by atoms with Gasteiger partial charge in [-0.05, 0) is 37.5 Å². The molecule has 1 unspecified atom stereocenters. The summed E-state index contributed by atoms with van der Waals surface area (Å²) in [5.41, 5.74) is 0. The smallest absolute Gasteiger partial charge is 0.324 e.